The molecule has 6 nitrogen and oxygen atoms in total. The molecule has 0 spiro atoms. The molecule has 2 amide bonds. The van der Waals surface area contributed by atoms with E-state index in [4.69, 9.17) is 0 Å². The summed E-state index contributed by atoms with van der Waals surface area (Å²) in [6, 6.07) is 7.86. The van der Waals surface area contributed by atoms with E-state index in [0.29, 0.717) is 16.5 Å². The number of amides is 2. The fourth-order valence-electron chi connectivity index (χ4n) is 3.60. The highest BCUT2D eigenvalue weighted by Gasteiger charge is 2.29. The Balaban J connectivity index is 1.80. The molecule has 1 heterocycles. The first kappa shape index (κ1) is 21.8. The van der Waals surface area contributed by atoms with E-state index in [9.17, 15) is 14.9 Å². The van der Waals surface area contributed by atoms with E-state index < -0.39 is 0 Å². The molecule has 3 rings (SSSR count). The van der Waals surface area contributed by atoms with Crippen molar-refractivity contribution in [2.45, 2.75) is 44.6 Å². The smallest absolute Gasteiger partial charge is 0.255 e. The van der Waals surface area contributed by atoms with Crippen molar-refractivity contribution in [1.82, 2.24) is 9.88 Å². The number of nitrogens with one attached hydrogen (secondary N) is 1. The van der Waals surface area contributed by atoms with Crippen LogP contribution in [0.5, 0.6) is 0 Å². The first-order chi connectivity index (χ1) is 14.2. The molecule has 0 aliphatic heterocycles. The zero-order chi connectivity index (χ0) is 22.0. The number of hydrogen-bond acceptors (Lipinski definition) is 5. The SMILES string of the molecule is CSc1nc(C2CC2)cc(C(=O)N(C)CC(=O)Nc2c(C)cc(C)cc2C)c1C#N. The summed E-state index contributed by atoms with van der Waals surface area (Å²) in [7, 11) is 1.58. The van der Waals surface area contributed by atoms with Crippen LogP contribution < -0.4 is 5.32 Å². The molecule has 0 unspecified atom stereocenters. The Morgan fingerprint density at radius 2 is 1.87 bits per heavy atom. The lowest BCUT2D eigenvalue weighted by Gasteiger charge is -2.20. The van der Waals surface area contributed by atoms with Gasteiger partial charge in [-0.15, -0.1) is 11.8 Å². The van der Waals surface area contributed by atoms with E-state index in [1.54, 1.807) is 13.1 Å². The third-order valence-corrected chi connectivity index (χ3v) is 5.89. The Kier molecular flexibility index (Phi) is 6.47. The van der Waals surface area contributed by atoms with E-state index >= 15 is 0 Å². The van der Waals surface area contributed by atoms with Crippen LogP contribution in [0.15, 0.2) is 23.2 Å². The normalized spacial score (nSPS) is 12.9. The second-order valence-electron chi connectivity index (χ2n) is 7.85. The van der Waals surface area contributed by atoms with Gasteiger partial charge in [-0.1, -0.05) is 17.7 Å². The summed E-state index contributed by atoms with van der Waals surface area (Å²) in [4.78, 5) is 31.6. The molecule has 0 saturated heterocycles. The number of benzene rings is 1. The molecule has 0 bridgehead atoms. The molecular weight excluding hydrogens is 396 g/mol. The second-order valence-corrected chi connectivity index (χ2v) is 8.64. The third kappa shape index (κ3) is 4.65. The molecule has 0 atom stereocenters. The number of thioether (sulfide) groups is 1. The molecule has 0 radical (unpaired) electrons. The van der Waals surface area contributed by atoms with Gasteiger partial charge in [-0.3, -0.25) is 9.59 Å². The lowest BCUT2D eigenvalue weighted by Crippen LogP contribution is -2.35. The van der Waals surface area contributed by atoms with Crippen molar-refractivity contribution < 1.29 is 9.59 Å². The molecule has 30 heavy (non-hydrogen) atoms. The van der Waals surface area contributed by atoms with E-state index in [2.05, 4.69) is 16.4 Å². The lowest BCUT2D eigenvalue weighted by molar-refractivity contribution is -0.116. The van der Waals surface area contributed by atoms with Gasteiger partial charge in [0.1, 0.15) is 11.1 Å². The predicted molar refractivity (Wildman–Crippen MR) is 119 cm³/mol. The zero-order valence-corrected chi connectivity index (χ0v) is 18.8. The van der Waals surface area contributed by atoms with Gasteiger partial charge in [-0.05, 0) is 57.1 Å². The topological polar surface area (TPSA) is 86.1 Å². The van der Waals surface area contributed by atoms with Gasteiger partial charge in [0.05, 0.1) is 17.7 Å². The predicted octanol–water partition coefficient (Wildman–Crippen LogP) is 4.19. The number of aromatic nitrogens is 1. The number of nitrogens with zero attached hydrogens (tertiary/aromatic N) is 3. The molecule has 1 N–H and O–H groups in total. The summed E-state index contributed by atoms with van der Waals surface area (Å²) in [5, 5.41) is 13.1. The fourth-order valence-corrected chi connectivity index (χ4v) is 4.16. The summed E-state index contributed by atoms with van der Waals surface area (Å²) in [5.74, 6) is -0.268. The van der Waals surface area contributed by atoms with E-state index in [0.717, 1.165) is 40.9 Å². The summed E-state index contributed by atoms with van der Waals surface area (Å²) in [6.07, 6.45) is 3.94. The Morgan fingerprint density at radius 1 is 1.23 bits per heavy atom. The highest BCUT2D eigenvalue weighted by Crippen LogP contribution is 2.40. The van der Waals surface area contributed by atoms with Gasteiger partial charge in [0, 0.05) is 24.3 Å². The van der Waals surface area contributed by atoms with Crippen LogP contribution >= 0.6 is 11.8 Å². The van der Waals surface area contributed by atoms with Crippen LogP contribution in [0.3, 0.4) is 0 Å². The summed E-state index contributed by atoms with van der Waals surface area (Å²) < 4.78 is 0. The number of carbonyl (C=O) groups is 2. The van der Waals surface area contributed by atoms with Gasteiger partial charge in [0.25, 0.3) is 5.91 Å². The Morgan fingerprint density at radius 3 is 2.40 bits per heavy atom. The Labute approximate surface area is 181 Å². The molecule has 1 aromatic carbocycles. The van der Waals surface area contributed by atoms with Crippen LogP contribution in [-0.2, 0) is 4.79 Å². The van der Waals surface area contributed by atoms with E-state index in [-0.39, 0.29) is 23.9 Å². The van der Waals surface area contributed by atoms with Gasteiger partial charge in [0.15, 0.2) is 0 Å². The summed E-state index contributed by atoms with van der Waals surface area (Å²) in [6.45, 7) is 5.80. The van der Waals surface area contributed by atoms with Crippen LogP contribution in [-0.4, -0.2) is 41.5 Å². The fraction of sp³-hybridized carbons (Fsp3) is 0.391. The molecule has 156 valence electrons. The van der Waals surface area contributed by atoms with Crippen LogP contribution in [0.4, 0.5) is 5.69 Å². The molecular formula is C23H26N4O2S. The number of rotatable bonds is 6. The van der Waals surface area contributed by atoms with Gasteiger partial charge in [-0.25, -0.2) is 4.98 Å². The number of aryl methyl sites for hydroxylation is 3. The van der Waals surface area contributed by atoms with Crippen molar-refractivity contribution in [3.05, 3.63) is 51.7 Å². The van der Waals surface area contributed by atoms with Gasteiger partial charge >= 0.3 is 0 Å². The first-order valence-electron chi connectivity index (χ1n) is 9.87. The molecule has 1 aliphatic carbocycles. The maximum absolute atomic E-state index is 13.1. The average Bonchev–Trinajstić information content (AvgIpc) is 3.54. The minimum atomic E-state index is -0.348. The number of nitriles is 1. The first-order valence-corrected chi connectivity index (χ1v) is 11.1. The van der Waals surface area contributed by atoms with Gasteiger partial charge < -0.3 is 10.2 Å². The average molecular weight is 423 g/mol. The van der Waals surface area contributed by atoms with Crippen molar-refractivity contribution in [2.75, 3.05) is 25.2 Å². The molecule has 1 aromatic heterocycles. The molecule has 7 heteroatoms. The maximum atomic E-state index is 13.1. The minimum Gasteiger partial charge on any atom is -0.332 e. The third-order valence-electron chi connectivity index (χ3n) is 5.21. The highest BCUT2D eigenvalue weighted by atomic mass is 32.2. The van der Waals surface area contributed by atoms with Gasteiger partial charge in [-0.2, -0.15) is 5.26 Å². The van der Waals surface area contributed by atoms with Crippen molar-refractivity contribution in [2.24, 2.45) is 0 Å². The number of pyridine rings is 1. The monoisotopic (exact) mass is 422 g/mol. The van der Waals surface area contributed by atoms with Crippen molar-refractivity contribution >= 4 is 29.3 Å². The van der Waals surface area contributed by atoms with Crippen LogP contribution in [0.1, 0.15) is 57.1 Å². The number of hydrogen-bond donors (Lipinski definition) is 1. The quantitative estimate of drug-likeness (QED) is 0.706. The van der Waals surface area contributed by atoms with Crippen LogP contribution in [0.2, 0.25) is 0 Å². The van der Waals surface area contributed by atoms with Crippen molar-refractivity contribution in [1.29, 1.82) is 5.26 Å². The summed E-state index contributed by atoms with van der Waals surface area (Å²) in [5.41, 5.74) is 5.31. The molecule has 1 aliphatic rings. The number of carbonyl (C=O) groups excluding carboxylic acids is 2. The molecule has 1 saturated carbocycles. The zero-order valence-electron chi connectivity index (χ0n) is 18.0. The molecule has 2 aromatic rings. The van der Waals surface area contributed by atoms with Gasteiger partial charge in [0.2, 0.25) is 5.91 Å². The lowest BCUT2D eigenvalue weighted by atomic mass is 10.0. The van der Waals surface area contributed by atoms with Crippen LogP contribution in [0, 0.1) is 32.1 Å². The van der Waals surface area contributed by atoms with E-state index in [1.165, 1.54) is 16.7 Å². The second kappa shape index (κ2) is 8.88. The number of likely N-dealkylation sites (N-methyl/N-ethyl adjacent to an activating group) is 1. The summed E-state index contributed by atoms with van der Waals surface area (Å²) >= 11 is 1.36. The van der Waals surface area contributed by atoms with E-state index in [1.807, 2.05) is 39.2 Å². The highest BCUT2D eigenvalue weighted by molar-refractivity contribution is 7.98. The van der Waals surface area contributed by atoms with Crippen LogP contribution in [0.25, 0.3) is 0 Å². The Bertz CT molecular complexity index is 1030. The number of anilines is 1. The van der Waals surface area contributed by atoms with Crippen molar-refractivity contribution in [3.8, 4) is 6.07 Å². The molecule has 1 fully saturated rings. The minimum absolute atomic E-state index is 0.105. The van der Waals surface area contributed by atoms with Crippen molar-refractivity contribution in [3.63, 3.8) is 0 Å². The largest absolute Gasteiger partial charge is 0.332 e. The Hall–Kier alpha value is -2.85. The maximum Gasteiger partial charge on any atom is 0.255 e. The standard InChI is InChI=1S/C23H26N4O2S/c1-13-8-14(2)21(15(3)9-13)26-20(28)12-27(4)23(29)17-10-19(16-6-7-16)25-22(30-5)18(17)11-24/h8-10,16H,6-7,12H2,1-5H3,(H,26,28).